The lowest BCUT2D eigenvalue weighted by atomic mass is 10.2. The fourth-order valence-corrected chi connectivity index (χ4v) is 1.58. The van der Waals surface area contributed by atoms with Gasteiger partial charge in [0.1, 0.15) is 12.4 Å². The summed E-state index contributed by atoms with van der Waals surface area (Å²) in [6.45, 7) is 4.26. The van der Waals surface area contributed by atoms with Crippen LogP contribution in [0.4, 0.5) is 11.4 Å². The van der Waals surface area contributed by atoms with Crippen LogP contribution in [0.5, 0.6) is 5.75 Å². The van der Waals surface area contributed by atoms with Gasteiger partial charge in [0, 0.05) is 11.4 Å². The van der Waals surface area contributed by atoms with Gasteiger partial charge in [-0.05, 0) is 48.4 Å². The average Bonchev–Trinajstić information content (AvgIpc) is 2.27. The molecule has 0 bridgehead atoms. The highest BCUT2D eigenvalue weighted by Gasteiger charge is 1.98. The van der Waals surface area contributed by atoms with Crippen LogP contribution in [0.3, 0.4) is 0 Å². The zero-order chi connectivity index (χ0) is 12.3. The zero-order valence-corrected chi connectivity index (χ0v) is 9.52. The Labute approximate surface area is 101 Å². The van der Waals surface area contributed by atoms with Gasteiger partial charge >= 0.3 is 0 Å². The van der Waals surface area contributed by atoms with Crippen molar-refractivity contribution in [3.8, 4) is 5.75 Å². The first-order chi connectivity index (χ1) is 8.13. The summed E-state index contributed by atoms with van der Waals surface area (Å²) in [5.74, 6) is 0.804. The van der Waals surface area contributed by atoms with Gasteiger partial charge < -0.3 is 16.2 Å². The van der Waals surface area contributed by atoms with E-state index in [1.807, 2.05) is 36.4 Å². The molecule has 0 aliphatic heterocycles. The highest BCUT2D eigenvalue weighted by molar-refractivity contribution is 5.54. The molecule has 0 saturated carbocycles. The first-order valence-electron chi connectivity index (χ1n) is 5.33. The predicted molar refractivity (Wildman–Crippen MR) is 70.5 cm³/mol. The van der Waals surface area contributed by atoms with E-state index in [-0.39, 0.29) is 0 Å². The zero-order valence-electron chi connectivity index (χ0n) is 9.52. The fourth-order valence-electron chi connectivity index (χ4n) is 1.58. The van der Waals surface area contributed by atoms with E-state index in [9.17, 15) is 0 Å². The third-order valence-electron chi connectivity index (χ3n) is 2.37. The molecule has 2 rings (SSSR count). The SMILES string of the molecule is [CH2]c1ccc(OCc2cc(N)cc(N)c2)cc1. The lowest BCUT2D eigenvalue weighted by Gasteiger charge is -2.08. The second-order valence-electron chi connectivity index (χ2n) is 3.94. The van der Waals surface area contributed by atoms with E-state index in [1.54, 1.807) is 6.07 Å². The van der Waals surface area contributed by atoms with Gasteiger partial charge in [-0.3, -0.25) is 0 Å². The van der Waals surface area contributed by atoms with Crippen LogP contribution in [0.25, 0.3) is 0 Å². The summed E-state index contributed by atoms with van der Waals surface area (Å²) in [6.07, 6.45) is 0. The van der Waals surface area contributed by atoms with Crippen LogP contribution in [0.2, 0.25) is 0 Å². The maximum atomic E-state index is 5.70. The smallest absolute Gasteiger partial charge is 0.119 e. The number of hydrogen-bond donors (Lipinski definition) is 2. The van der Waals surface area contributed by atoms with Gasteiger partial charge in [-0.1, -0.05) is 12.1 Å². The molecule has 0 fully saturated rings. The number of nitrogen functional groups attached to an aromatic ring is 2. The lowest BCUT2D eigenvalue weighted by molar-refractivity contribution is 0.306. The molecule has 4 N–H and O–H groups in total. The molecule has 17 heavy (non-hydrogen) atoms. The van der Waals surface area contributed by atoms with Crippen LogP contribution in [0.15, 0.2) is 42.5 Å². The van der Waals surface area contributed by atoms with Crippen LogP contribution >= 0.6 is 0 Å². The summed E-state index contributed by atoms with van der Waals surface area (Å²) < 4.78 is 5.62. The van der Waals surface area contributed by atoms with Gasteiger partial charge in [-0.25, -0.2) is 0 Å². The molecule has 0 aliphatic carbocycles. The fraction of sp³-hybridized carbons (Fsp3) is 0.0714. The van der Waals surface area contributed by atoms with Crippen molar-refractivity contribution in [2.45, 2.75) is 6.61 Å². The highest BCUT2D eigenvalue weighted by atomic mass is 16.5. The van der Waals surface area contributed by atoms with Crippen molar-refractivity contribution in [3.05, 3.63) is 60.5 Å². The number of rotatable bonds is 3. The first-order valence-corrected chi connectivity index (χ1v) is 5.33. The minimum atomic E-state index is 0.450. The minimum absolute atomic E-state index is 0.450. The average molecular weight is 227 g/mol. The van der Waals surface area contributed by atoms with Gasteiger partial charge in [0.25, 0.3) is 0 Å². The molecule has 2 aromatic carbocycles. The second kappa shape index (κ2) is 4.78. The van der Waals surface area contributed by atoms with Crippen LogP contribution in [0, 0.1) is 6.92 Å². The summed E-state index contributed by atoms with van der Waals surface area (Å²) >= 11 is 0. The van der Waals surface area contributed by atoms with Crippen LogP contribution < -0.4 is 16.2 Å². The van der Waals surface area contributed by atoms with E-state index in [1.165, 1.54) is 0 Å². The van der Waals surface area contributed by atoms with E-state index in [0.29, 0.717) is 18.0 Å². The molecule has 0 atom stereocenters. The Bertz CT molecular complexity index is 486. The van der Waals surface area contributed by atoms with E-state index >= 15 is 0 Å². The topological polar surface area (TPSA) is 61.3 Å². The Morgan fingerprint density at radius 3 is 2.12 bits per heavy atom. The summed E-state index contributed by atoms with van der Waals surface area (Å²) in [7, 11) is 0. The van der Waals surface area contributed by atoms with Crippen molar-refractivity contribution in [2.24, 2.45) is 0 Å². The molecular weight excluding hydrogens is 212 g/mol. The van der Waals surface area contributed by atoms with Gasteiger partial charge in [0.2, 0.25) is 0 Å². The molecule has 2 aromatic rings. The van der Waals surface area contributed by atoms with Crippen molar-refractivity contribution < 1.29 is 4.74 Å². The summed E-state index contributed by atoms with van der Waals surface area (Å²) in [5.41, 5.74) is 14.6. The lowest BCUT2D eigenvalue weighted by Crippen LogP contribution is -1.98. The summed E-state index contributed by atoms with van der Waals surface area (Å²) in [6, 6.07) is 13.0. The van der Waals surface area contributed by atoms with E-state index in [2.05, 4.69) is 6.92 Å². The number of hydrogen-bond acceptors (Lipinski definition) is 3. The van der Waals surface area contributed by atoms with E-state index < -0.39 is 0 Å². The third kappa shape index (κ3) is 3.14. The molecule has 87 valence electrons. The molecule has 0 aromatic heterocycles. The van der Waals surface area contributed by atoms with Crippen molar-refractivity contribution in [1.29, 1.82) is 0 Å². The molecule has 3 nitrogen and oxygen atoms in total. The first kappa shape index (κ1) is 11.3. The number of nitrogens with two attached hydrogens (primary N) is 2. The van der Waals surface area contributed by atoms with Crippen LogP contribution in [-0.2, 0) is 6.61 Å². The van der Waals surface area contributed by atoms with E-state index in [4.69, 9.17) is 16.2 Å². The van der Waals surface area contributed by atoms with Crippen LogP contribution in [0.1, 0.15) is 11.1 Å². The normalized spacial score (nSPS) is 10.2. The highest BCUT2D eigenvalue weighted by Crippen LogP contribution is 2.17. The quantitative estimate of drug-likeness (QED) is 0.792. The Kier molecular flexibility index (Phi) is 3.19. The van der Waals surface area contributed by atoms with Crippen LogP contribution in [-0.4, -0.2) is 0 Å². The van der Waals surface area contributed by atoms with Crippen molar-refractivity contribution in [1.82, 2.24) is 0 Å². The standard InChI is InChI=1S/C14H15N2O/c1-10-2-4-14(5-3-10)17-9-11-6-12(15)8-13(16)7-11/h2-8H,1,9,15-16H2. The Hall–Kier alpha value is -2.16. The third-order valence-corrected chi connectivity index (χ3v) is 2.37. The summed E-state index contributed by atoms with van der Waals surface area (Å²) in [5, 5.41) is 0. The Morgan fingerprint density at radius 2 is 1.53 bits per heavy atom. The number of benzene rings is 2. The second-order valence-corrected chi connectivity index (χ2v) is 3.94. The summed E-state index contributed by atoms with van der Waals surface area (Å²) in [4.78, 5) is 0. The maximum Gasteiger partial charge on any atom is 0.119 e. The molecule has 0 saturated heterocycles. The molecule has 0 amide bonds. The molecular formula is C14H15N2O. The largest absolute Gasteiger partial charge is 0.489 e. The van der Waals surface area contributed by atoms with Gasteiger partial charge in [0.15, 0.2) is 0 Å². The molecule has 0 aliphatic rings. The maximum absolute atomic E-state index is 5.70. The number of anilines is 2. The molecule has 0 heterocycles. The molecule has 0 spiro atoms. The predicted octanol–water partition coefficient (Wildman–Crippen LogP) is 2.61. The minimum Gasteiger partial charge on any atom is -0.489 e. The molecule has 3 heteroatoms. The Balaban J connectivity index is 2.04. The van der Waals surface area contributed by atoms with Gasteiger partial charge in [-0.15, -0.1) is 0 Å². The van der Waals surface area contributed by atoms with Gasteiger partial charge in [-0.2, -0.15) is 0 Å². The monoisotopic (exact) mass is 227 g/mol. The van der Waals surface area contributed by atoms with E-state index in [0.717, 1.165) is 16.9 Å². The molecule has 0 unspecified atom stereocenters. The Morgan fingerprint density at radius 1 is 0.941 bits per heavy atom. The molecule has 1 radical (unpaired) electrons. The van der Waals surface area contributed by atoms with Gasteiger partial charge in [0.05, 0.1) is 0 Å². The number of ether oxygens (including phenoxy) is 1. The van der Waals surface area contributed by atoms with Crippen molar-refractivity contribution in [2.75, 3.05) is 11.5 Å². The van der Waals surface area contributed by atoms with Crippen molar-refractivity contribution >= 4 is 11.4 Å². The van der Waals surface area contributed by atoms with Crippen molar-refractivity contribution in [3.63, 3.8) is 0 Å².